The van der Waals surface area contributed by atoms with Crippen molar-refractivity contribution >= 4 is 52.0 Å². The number of anilines is 2. The van der Waals surface area contributed by atoms with Gasteiger partial charge in [0.25, 0.3) is 11.8 Å². The van der Waals surface area contributed by atoms with E-state index >= 15 is 0 Å². The Bertz CT molecular complexity index is 1290. The van der Waals surface area contributed by atoms with E-state index in [-0.39, 0.29) is 34.6 Å². The first kappa shape index (κ1) is 26.6. The van der Waals surface area contributed by atoms with Gasteiger partial charge in [-0.05, 0) is 54.0 Å². The standard InChI is InChI=1S/C23H22F3N5O4S2/c24-23(25,26)12-4-1-5-13(10-12)31(22(34)19-16(27)17(20(28)32)30-37-19)18(15-7-3-9-36-15)21(33)29-11-14-6-2-8-35-14/h1,3-5,7,9-10,14,18H,2,6,8,11,27H2,(H2,28,32)(H,29,33)/t14-,18-/m1/s1. The van der Waals surface area contributed by atoms with Gasteiger partial charge in [0.05, 0.1) is 17.4 Å². The van der Waals surface area contributed by atoms with Crippen molar-refractivity contribution in [2.24, 2.45) is 5.73 Å². The molecule has 1 aliphatic rings. The molecular formula is C23H22F3N5O4S2. The van der Waals surface area contributed by atoms with Gasteiger partial charge < -0.3 is 21.5 Å². The van der Waals surface area contributed by atoms with Crippen molar-refractivity contribution in [2.45, 2.75) is 31.2 Å². The highest BCUT2D eigenvalue weighted by Gasteiger charge is 2.38. The highest BCUT2D eigenvalue weighted by molar-refractivity contribution is 7.10. The molecule has 1 fully saturated rings. The summed E-state index contributed by atoms with van der Waals surface area (Å²) in [6.07, 6.45) is -3.32. The Balaban J connectivity index is 1.81. The van der Waals surface area contributed by atoms with E-state index in [1.54, 1.807) is 17.5 Å². The maximum Gasteiger partial charge on any atom is 0.416 e. The fourth-order valence-corrected chi connectivity index (χ4v) is 5.45. The second-order valence-electron chi connectivity index (χ2n) is 8.16. The molecule has 0 bridgehead atoms. The van der Waals surface area contributed by atoms with Gasteiger partial charge in [0.1, 0.15) is 4.88 Å². The number of aromatic nitrogens is 1. The van der Waals surface area contributed by atoms with E-state index in [0.717, 1.165) is 47.3 Å². The van der Waals surface area contributed by atoms with E-state index in [0.29, 0.717) is 23.0 Å². The summed E-state index contributed by atoms with van der Waals surface area (Å²) in [4.78, 5) is 40.1. The van der Waals surface area contributed by atoms with Crippen LogP contribution in [0.4, 0.5) is 24.5 Å². The molecule has 2 aromatic heterocycles. The smallest absolute Gasteiger partial charge is 0.395 e. The molecule has 0 saturated carbocycles. The molecule has 14 heteroatoms. The van der Waals surface area contributed by atoms with Gasteiger partial charge in [-0.15, -0.1) is 11.3 Å². The lowest BCUT2D eigenvalue weighted by Gasteiger charge is -2.31. The van der Waals surface area contributed by atoms with Crippen LogP contribution in [0, 0.1) is 0 Å². The SMILES string of the molecule is NC(=O)c1nsc(C(=O)N(c2cccc(C(F)(F)F)c2)[C@@H](C(=O)NC[C@H]2CCCO2)c2cccs2)c1N. The molecule has 3 aromatic rings. The number of alkyl halides is 3. The van der Waals surface area contributed by atoms with Gasteiger partial charge in [0.2, 0.25) is 5.91 Å². The van der Waals surface area contributed by atoms with Crippen LogP contribution in [0.15, 0.2) is 41.8 Å². The molecule has 37 heavy (non-hydrogen) atoms. The number of hydrogen-bond acceptors (Lipinski definition) is 8. The molecule has 9 nitrogen and oxygen atoms in total. The fourth-order valence-electron chi connectivity index (χ4n) is 3.89. The van der Waals surface area contributed by atoms with Gasteiger partial charge in [0.15, 0.2) is 11.7 Å². The molecule has 4 rings (SSSR count). The van der Waals surface area contributed by atoms with Crippen molar-refractivity contribution < 1.29 is 32.3 Å². The Kier molecular flexibility index (Phi) is 7.80. The van der Waals surface area contributed by atoms with Crippen LogP contribution in [-0.2, 0) is 15.7 Å². The van der Waals surface area contributed by atoms with Crippen LogP contribution in [0.1, 0.15) is 49.5 Å². The number of nitrogen functional groups attached to an aromatic ring is 1. The van der Waals surface area contributed by atoms with Crippen molar-refractivity contribution in [2.75, 3.05) is 23.8 Å². The van der Waals surface area contributed by atoms with Crippen molar-refractivity contribution in [1.29, 1.82) is 0 Å². The van der Waals surface area contributed by atoms with Crippen LogP contribution in [0.25, 0.3) is 0 Å². The Morgan fingerprint density at radius 3 is 2.62 bits per heavy atom. The zero-order valence-corrected chi connectivity index (χ0v) is 20.8. The Labute approximate surface area is 217 Å². The van der Waals surface area contributed by atoms with Crippen LogP contribution in [-0.4, -0.2) is 41.4 Å². The van der Waals surface area contributed by atoms with Crippen LogP contribution in [0.2, 0.25) is 0 Å². The van der Waals surface area contributed by atoms with E-state index in [9.17, 15) is 27.6 Å². The third kappa shape index (κ3) is 5.76. The molecule has 0 spiro atoms. The van der Waals surface area contributed by atoms with E-state index in [4.69, 9.17) is 16.2 Å². The molecule has 3 amide bonds. The lowest BCUT2D eigenvalue weighted by atomic mass is 10.1. The first-order valence-electron chi connectivity index (χ1n) is 11.1. The number of nitrogens with two attached hydrogens (primary N) is 2. The van der Waals surface area contributed by atoms with Gasteiger partial charge in [-0.2, -0.15) is 17.5 Å². The van der Waals surface area contributed by atoms with Crippen molar-refractivity contribution in [3.05, 3.63) is 62.8 Å². The van der Waals surface area contributed by atoms with E-state index in [2.05, 4.69) is 9.69 Å². The van der Waals surface area contributed by atoms with Crippen LogP contribution >= 0.6 is 22.9 Å². The number of primary amides is 1. The number of thiophene rings is 1. The van der Waals surface area contributed by atoms with Crippen LogP contribution in [0.3, 0.4) is 0 Å². The molecule has 0 radical (unpaired) electrons. The monoisotopic (exact) mass is 553 g/mol. The van der Waals surface area contributed by atoms with Crippen molar-refractivity contribution in [3.63, 3.8) is 0 Å². The summed E-state index contributed by atoms with van der Waals surface area (Å²) in [5.74, 6) is -2.50. The van der Waals surface area contributed by atoms with E-state index in [1.807, 2.05) is 0 Å². The number of hydrogen-bond donors (Lipinski definition) is 3. The number of amides is 3. The molecule has 1 saturated heterocycles. The molecule has 196 valence electrons. The van der Waals surface area contributed by atoms with Crippen LogP contribution < -0.4 is 21.7 Å². The zero-order chi connectivity index (χ0) is 26.7. The lowest BCUT2D eigenvalue weighted by Crippen LogP contribution is -2.45. The average Bonchev–Trinajstić information content (AvgIpc) is 3.62. The largest absolute Gasteiger partial charge is 0.416 e. The Hall–Kier alpha value is -3.49. The normalized spacial score (nSPS) is 16.4. The Morgan fingerprint density at radius 1 is 1.24 bits per heavy atom. The summed E-state index contributed by atoms with van der Waals surface area (Å²) in [5.41, 5.74) is 9.37. The quantitative estimate of drug-likeness (QED) is 0.389. The summed E-state index contributed by atoms with van der Waals surface area (Å²) in [7, 11) is 0. The Morgan fingerprint density at radius 2 is 2.03 bits per heavy atom. The second kappa shape index (κ2) is 10.9. The number of carbonyl (C=O) groups is 3. The average molecular weight is 554 g/mol. The van der Waals surface area contributed by atoms with E-state index < -0.39 is 35.5 Å². The number of ether oxygens (including phenoxy) is 1. The van der Waals surface area contributed by atoms with Crippen molar-refractivity contribution in [1.82, 2.24) is 9.69 Å². The first-order chi connectivity index (χ1) is 17.6. The highest BCUT2D eigenvalue weighted by Crippen LogP contribution is 2.37. The lowest BCUT2D eigenvalue weighted by molar-refractivity contribution is -0.137. The van der Waals surface area contributed by atoms with E-state index in [1.165, 1.54) is 6.07 Å². The summed E-state index contributed by atoms with van der Waals surface area (Å²) < 4.78 is 50.1. The second-order valence-corrected chi connectivity index (χ2v) is 9.91. The molecule has 0 aliphatic carbocycles. The third-order valence-corrected chi connectivity index (χ3v) is 7.45. The number of carbonyl (C=O) groups excluding carboxylic acids is 3. The third-order valence-electron chi connectivity index (χ3n) is 5.67. The van der Waals surface area contributed by atoms with Gasteiger partial charge in [-0.25, -0.2) is 0 Å². The molecule has 1 aromatic carbocycles. The van der Waals surface area contributed by atoms with Gasteiger partial charge >= 0.3 is 6.18 Å². The van der Waals surface area contributed by atoms with Gasteiger partial charge in [0, 0.05) is 23.7 Å². The van der Waals surface area contributed by atoms with Crippen LogP contribution in [0.5, 0.6) is 0 Å². The van der Waals surface area contributed by atoms with Gasteiger partial charge in [-0.3, -0.25) is 19.3 Å². The summed E-state index contributed by atoms with van der Waals surface area (Å²) in [6.45, 7) is 0.733. The molecular weight excluding hydrogens is 531 g/mol. The summed E-state index contributed by atoms with van der Waals surface area (Å²) >= 11 is 1.72. The van der Waals surface area contributed by atoms with Gasteiger partial charge in [-0.1, -0.05) is 12.1 Å². The number of nitrogens with one attached hydrogen (secondary N) is 1. The maximum atomic E-state index is 13.8. The topological polar surface area (TPSA) is 141 Å². The first-order valence-corrected chi connectivity index (χ1v) is 12.7. The summed E-state index contributed by atoms with van der Waals surface area (Å²) in [5, 5.41) is 4.44. The number of halogens is 3. The maximum absolute atomic E-state index is 13.8. The molecule has 2 atom stereocenters. The minimum absolute atomic E-state index is 0.167. The zero-order valence-electron chi connectivity index (χ0n) is 19.2. The minimum Gasteiger partial charge on any atom is -0.395 e. The number of nitrogens with zero attached hydrogens (tertiary/aromatic N) is 2. The molecule has 0 unspecified atom stereocenters. The molecule has 3 heterocycles. The van der Waals surface area contributed by atoms with Crippen molar-refractivity contribution in [3.8, 4) is 0 Å². The predicted molar refractivity (Wildman–Crippen MR) is 132 cm³/mol. The summed E-state index contributed by atoms with van der Waals surface area (Å²) in [6, 6.07) is 5.96. The molecule has 1 aliphatic heterocycles. The number of benzene rings is 1. The molecule has 5 N–H and O–H groups in total. The minimum atomic E-state index is -4.70. The number of rotatable bonds is 8. The fraction of sp³-hybridized carbons (Fsp3) is 0.304. The predicted octanol–water partition coefficient (Wildman–Crippen LogP) is 3.59. The highest BCUT2D eigenvalue weighted by atomic mass is 32.1.